The smallest absolute Gasteiger partial charge is 0.335 e. The highest BCUT2D eigenvalue weighted by Gasteiger charge is 2.00. The number of hydrogen-bond donors (Lipinski definition) is 2. The number of benzene rings is 2. The van der Waals surface area contributed by atoms with E-state index >= 15 is 0 Å². The zero-order valence-corrected chi connectivity index (χ0v) is 10.5. The van der Waals surface area contributed by atoms with Gasteiger partial charge in [0, 0.05) is 0 Å². The summed E-state index contributed by atoms with van der Waals surface area (Å²) >= 11 is 0. The van der Waals surface area contributed by atoms with Gasteiger partial charge in [0.2, 0.25) is 0 Å². The van der Waals surface area contributed by atoms with Crippen molar-refractivity contribution in [3.05, 3.63) is 65.2 Å². The van der Waals surface area contributed by atoms with Crippen molar-refractivity contribution >= 4 is 17.9 Å². The summed E-state index contributed by atoms with van der Waals surface area (Å²) in [5.74, 6) is -0.935. The van der Waals surface area contributed by atoms with E-state index in [0.29, 0.717) is 0 Å². The van der Waals surface area contributed by atoms with Gasteiger partial charge in [-0.15, -0.1) is 0 Å². The molecule has 96 valence electrons. The maximum absolute atomic E-state index is 10.7. The van der Waals surface area contributed by atoms with Gasteiger partial charge in [0.25, 0.3) is 0 Å². The van der Waals surface area contributed by atoms with Crippen LogP contribution >= 0.6 is 0 Å². The number of carboxylic acid groups (broad SMARTS) is 1. The molecule has 0 aliphatic heterocycles. The lowest BCUT2D eigenvalue weighted by molar-refractivity contribution is 0.0697. The first-order valence-electron chi connectivity index (χ1n) is 5.84. The monoisotopic (exact) mass is 254 g/mol. The van der Waals surface area contributed by atoms with Crippen molar-refractivity contribution in [1.29, 1.82) is 0 Å². The molecule has 4 nitrogen and oxygen atoms in total. The first-order chi connectivity index (χ1) is 9.15. The molecule has 2 aromatic carbocycles. The zero-order valence-electron chi connectivity index (χ0n) is 10.5. The molecule has 0 radical (unpaired) electrons. The number of hydrogen-bond acceptors (Lipinski definition) is 3. The van der Waals surface area contributed by atoms with Crippen LogP contribution in [0.5, 0.6) is 0 Å². The van der Waals surface area contributed by atoms with Crippen molar-refractivity contribution in [2.24, 2.45) is 5.10 Å². The van der Waals surface area contributed by atoms with E-state index in [1.54, 1.807) is 18.3 Å². The fourth-order valence-corrected chi connectivity index (χ4v) is 1.62. The van der Waals surface area contributed by atoms with Gasteiger partial charge in [-0.2, -0.15) is 5.10 Å². The van der Waals surface area contributed by atoms with Crippen LogP contribution in [0, 0.1) is 6.92 Å². The highest BCUT2D eigenvalue weighted by molar-refractivity contribution is 5.88. The Kier molecular flexibility index (Phi) is 3.93. The van der Waals surface area contributed by atoms with Gasteiger partial charge in [0.1, 0.15) is 0 Å². The third kappa shape index (κ3) is 3.67. The second-order valence-electron chi connectivity index (χ2n) is 4.17. The molecule has 19 heavy (non-hydrogen) atoms. The van der Waals surface area contributed by atoms with Crippen LogP contribution in [0.4, 0.5) is 5.69 Å². The van der Waals surface area contributed by atoms with Crippen LogP contribution in [-0.4, -0.2) is 17.3 Å². The van der Waals surface area contributed by atoms with Crippen LogP contribution in [0.2, 0.25) is 0 Å². The van der Waals surface area contributed by atoms with Crippen LogP contribution < -0.4 is 5.43 Å². The maximum Gasteiger partial charge on any atom is 0.335 e. The second kappa shape index (κ2) is 5.82. The van der Waals surface area contributed by atoms with Crippen molar-refractivity contribution in [3.63, 3.8) is 0 Å². The SMILES string of the molecule is Cc1cccc(/C=N\Nc2ccc(C(=O)O)cc2)c1. The molecule has 0 unspecified atom stereocenters. The first-order valence-corrected chi connectivity index (χ1v) is 5.84. The van der Waals surface area contributed by atoms with Gasteiger partial charge in [-0.3, -0.25) is 5.43 Å². The van der Waals surface area contributed by atoms with Gasteiger partial charge in [-0.25, -0.2) is 4.79 Å². The minimum atomic E-state index is -0.935. The quantitative estimate of drug-likeness (QED) is 0.651. The Labute approximate surface area is 111 Å². The molecule has 0 heterocycles. The third-order valence-corrected chi connectivity index (χ3v) is 2.58. The topological polar surface area (TPSA) is 61.7 Å². The fraction of sp³-hybridized carbons (Fsp3) is 0.0667. The number of rotatable bonds is 4. The van der Waals surface area contributed by atoms with Crippen molar-refractivity contribution in [2.75, 3.05) is 5.43 Å². The number of nitrogens with zero attached hydrogens (tertiary/aromatic N) is 1. The highest BCUT2D eigenvalue weighted by atomic mass is 16.4. The first kappa shape index (κ1) is 12.8. The summed E-state index contributed by atoms with van der Waals surface area (Å²) in [6.45, 7) is 2.02. The van der Waals surface area contributed by atoms with E-state index in [2.05, 4.69) is 10.5 Å². The Morgan fingerprint density at radius 2 is 1.95 bits per heavy atom. The summed E-state index contributed by atoms with van der Waals surface area (Å²) in [4.78, 5) is 10.7. The molecule has 4 heteroatoms. The van der Waals surface area contributed by atoms with Gasteiger partial charge in [0.05, 0.1) is 17.5 Å². The average molecular weight is 254 g/mol. The molecule has 2 aromatic rings. The average Bonchev–Trinajstić information content (AvgIpc) is 2.39. The van der Waals surface area contributed by atoms with Gasteiger partial charge in [-0.1, -0.05) is 29.8 Å². The van der Waals surface area contributed by atoms with Crippen LogP contribution in [0.1, 0.15) is 21.5 Å². The van der Waals surface area contributed by atoms with E-state index in [9.17, 15) is 4.79 Å². The standard InChI is InChI=1S/C15H14N2O2/c1-11-3-2-4-12(9-11)10-16-17-14-7-5-13(6-8-14)15(18)19/h2-10,17H,1H3,(H,18,19)/b16-10-. The minimum absolute atomic E-state index is 0.258. The van der Waals surface area contributed by atoms with E-state index in [-0.39, 0.29) is 5.56 Å². The minimum Gasteiger partial charge on any atom is -0.478 e. The van der Waals surface area contributed by atoms with Crippen LogP contribution in [0.3, 0.4) is 0 Å². The lowest BCUT2D eigenvalue weighted by Crippen LogP contribution is -1.96. The molecule has 0 aliphatic rings. The Hall–Kier alpha value is -2.62. The van der Waals surface area contributed by atoms with Gasteiger partial charge in [0.15, 0.2) is 0 Å². The summed E-state index contributed by atoms with van der Waals surface area (Å²) in [5, 5.41) is 12.9. The van der Waals surface area contributed by atoms with Gasteiger partial charge >= 0.3 is 5.97 Å². The molecule has 0 aliphatic carbocycles. The summed E-state index contributed by atoms with van der Waals surface area (Å²) in [6.07, 6.45) is 1.72. The normalized spacial score (nSPS) is 10.6. The van der Waals surface area contributed by atoms with E-state index in [1.807, 2.05) is 31.2 Å². The van der Waals surface area contributed by atoms with Crippen molar-refractivity contribution < 1.29 is 9.90 Å². The lowest BCUT2D eigenvalue weighted by Gasteiger charge is -2.01. The Bertz CT molecular complexity index is 604. The van der Waals surface area contributed by atoms with E-state index < -0.39 is 5.97 Å². The predicted octanol–water partition coefficient (Wildman–Crippen LogP) is 3.14. The molecule has 2 N–H and O–H groups in total. The summed E-state index contributed by atoms with van der Waals surface area (Å²) in [5.41, 5.74) is 6.04. The third-order valence-electron chi connectivity index (χ3n) is 2.58. The molecule has 0 spiro atoms. The van der Waals surface area contributed by atoms with Crippen molar-refractivity contribution in [1.82, 2.24) is 0 Å². The van der Waals surface area contributed by atoms with Crippen LogP contribution in [0.15, 0.2) is 53.6 Å². The molecule has 2 rings (SSSR count). The molecular weight excluding hydrogens is 240 g/mol. The molecule has 0 atom stereocenters. The van der Waals surface area contributed by atoms with Crippen molar-refractivity contribution in [2.45, 2.75) is 6.92 Å². The molecule has 0 saturated carbocycles. The predicted molar refractivity (Wildman–Crippen MR) is 75.8 cm³/mol. The van der Waals surface area contributed by atoms with Crippen molar-refractivity contribution in [3.8, 4) is 0 Å². The number of aryl methyl sites for hydroxylation is 1. The van der Waals surface area contributed by atoms with Crippen LogP contribution in [-0.2, 0) is 0 Å². The van der Waals surface area contributed by atoms with E-state index in [4.69, 9.17) is 5.11 Å². The second-order valence-corrected chi connectivity index (χ2v) is 4.17. The van der Waals surface area contributed by atoms with Gasteiger partial charge < -0.3 is 5.11 Å². The molecule has 0 bridgehead atoms. The number of aromatic carboxylic acids is 1. The zero-order chi connectivity index (χ0) is 13.7. The largest absolute Gasteiger partial charge is 0.478 e. The number of carbonyl (C=O) groups is 1. The van der Waals surface area contributed by atoms with E-state index in [1.165, 1.54) is 17.7 Å². The Morgan fingerprint density at radius 3 is 2.58 bits per heavy atom. The Balaban J connectivity index is 2.00. The number of anilines is 1. The van der Waals surface area contributed by atoms with Crippen LogP contribution in [0.25, 0.3) is 0 Å². The summed E-state index contributed by atoms with van der Waals surface area (Å²) < 4.78 is 0. The fourth-order valence-electron chi connectivity index (χ4n) is 1.62. The number of nitrogens with one attached hydrogen (secondary N) is 1. The lowest BCUT2D eigenvalue weighted by atomic mass is 10.2. The van der Waals surface area contributed by atoms with Gasteiger partial charge in [-0.05, 0) is 36.8 Å². The molecule has 0 fully saturated rings. The number of carboxylic acids is 1. The highest BCUT2D eigenvalue weighted by Crippen LogP contribution is 2.09. The van der Waals surface area contributed by atoms with E-state index in [0.717, 1.165) is 11.3 Å². The maximum atomic E-state index is 10.7. The molecule has 0 saturated heterocycles. The molecule has 0 amide bonds. The summed E-state index contributed by atoms with van der Waals surface area (Å²) in [6, 6.07) is 14.4. The number of hydrazone groups is 1. The molecular formula is C15H14N2O2. The summed E-state index contributed by atoms with van der Waals surface area (Å²) in [7, 11) is 0. The molecule has 0 aromatic heterocycles. The Morgan fingerprint density at radius 1 is 1.21 bits per heavy atom.